The Morgan fingerprint density at radius 2 is 1.68 bits per heavy atom. The van der Waals surface area contributed by atoms with Gasteiger partial charge in [-0.2, -0.15) is 0 Å². The number of hydrogen-bond donors (Lipinski definition) is 1. The minimum absolute atomic E-state index is 0.0746. The first kappa shape index (κ1) is 27.0. The maximum Gasteiger partial charge on any atom is 0.270 e. The van der Waals surface area contributed by atoms with Crippen molar-refractivity contribution < 1.29 is 31.8 Å². The van der Waals surface area contributed by atoms with Crippen LogP contribution in [0.4, 0.5) is 10.1 Å². The van der Waals surface area contributed by atoms with Gasteiger partial charge in [0.1, 0.15) is 18.2 Å². The van der Waals surface area contributed by atoms with Gasteiger partial charge in [-0.1, -0.05) is 30.3 Å². The van der Waals surface area contributed by atoms with Crippen molar-refractivity contribution in [3.63, 3.8) is 0 Å². The smallest absolute Gasteiger partial charge is 0.270 e. The molecule has 0 atom stereocenters. The molecule has 0 saturated carbocycles. The monoisotopic (exact) mass is 540 g/mol. The topological polar surface area (TPSA) is 94.2 Å². The second-order valence-corrected chi connectivity index (χ2v) is 10.5. The van der Waals surface area contributed by atoms with E-state index in [0.717, 1.165) is 9.87 Å². The maximum absolute atomic E-state index is 14.6. The number of nitrogens with one attached hydrogen (secondary N) is 1. The number of ether oxygens (including phenoxy) is 3. The number of fused-ring (bicyclic) bond motifs is 1. The Balaban J connectivity index is 1.69. The molecule has 0 aromatic heterocycles. The van der Waals surface area contributed by atoms with Crippen LogP contribution >= 0.6 is 0 Å². The Labute approximate surface area is 221 Å². The molecule has 8 nitrogen and oxygen atoms in total. The number of benzene rings is 3. The highest BCUT2D eigenvalue weighted by atomic mass is 32.2. The van der Waals surface area contributed by atoms with E-state index in [1.165, 1.54) is 38.5 Å². The molecule has 1 aliphatic rings. The number of sulfonamides is 1. The largest absolute Gasteiger partial charge is 0.493 e. The first-order valence-corrected chi connectivity index (χ1v) is 13.3. The van der Waals surface area contributed by atoms with Crippen LogP contribution < -0.4 is 23.8 Å². The van der Waals surface area contributed by atoms with Crippen molar-refractivity contribution in [2.75, 3.05) is 31.7 Å². The molecule has 1 heterocycles. The molecule has 1 aliphatic heterocycles. The Bertz CT molecular complexity index is 1500. The number of halogens is 1. The number of methoxy groups -OCH3 is 2. The molecule has 0 bridgehead atoms. The van der Waals surface area contributed by atoms with Crippen molar-refractivity contribution in [3.05, 3.63) is 88.1 Å². The van der Waals surface area contributed by atoms with E-state index >= 15 is 0 Å². The third-order valence-electron chi connectivity index (χ3n) is 6.19. The van der Waals surface area contributed by atoms with Crippen LogP contribution in [0.2, 0.25) is 0 Å². The second kappa shape index (κ2) is 11.1. The van der Waals surface area contributed by atoms with Crippen molar-refractivity contribution in [2.45, 2.75) is 20.4 Å². The summed E-state index contributed by atoms with van der Waals surface area (Å²) in [6.45, 7) is 3.39. The lowest BCUT2D eigenvalue weighted by Gasteiger charge is -2.33. The first-order chi connectivity index (χ1) is 18.2. The molecule has 1 amide bonds. The SMILES string of the molecule is COc1cc2c(cc1OC)N(Cc1ccccc1F)S(=O)(=O)C(C(=O)NCCOc1cccc(C)c1)=C2C. The van der Waals surface area contributed by atoms with E-state index in [4.69, 9.17) is 14.2 Å². The summed E-state index contributed by atoms with van der Waals surface area (Å²) < 4.78 is 59.8. The van der Waals surface area contributed by atoms with E-state index in [2.05, 4.69) is 5.32 Å². The average molecular weight is 541 g/mol. The first-order valence-electron chi connectivity index (χ1n) is 11.9. The van der Waals surface area contributed by atoms with Crippen molar-refractivity contribution in [2.24, 2.45) is 0 Å². The number of nitrogens with zero attached hydrogens (tertiary/aromatic N) is 1. The zero-order valence-electron chi connectivity index (χ0n) is 21.6. The minimum atomic E-state index is -4.38. The fourth-order valence-corrected chi connectivity index (χ4v) is 6.03. The lowest BCUT2D eigenvalue weighted by Crippen LogP contribution is -2.41. The molecule has 4 rings (SSSR count). The Morgan fingerprint density at radius 1 is 0.974 bits per heavy atom. The van der Waals surface area contributed by atoms with Crippen molar-refractivity contribution >= 4 is 27.2 Å². The highest BCUT2D eigenvalue weighted by Gasteiger charge is 2.40. The van der Waals surface area contributed by atoms with Gasteiger partial charge in [-0.25, -0.2) is 12.8 Å². The lowest BCUT2D eigenvalue weighted by molar-refractivity contribution is -0.116. The number of aryl methyl sites for hydroxylation is 1. The third-order valence-corrected chi connectivity index (χ3v) is 8.10. The van der Waals surface area contributed by atoms with Gasteiger partial charge in [0.25, 0.3) is 15.9 Å². The van der Waals surface area contributed by atoms with E-state index in [-0.39, 0.29) is 36.5 Å². The van der Waals surface area contributed by atoms with Crippen LogP contribution in [0.15, 0.2) is 65.6 Å². The van der Waals surface area contributed by atoms with Crippen LogP contribution in [-0.4, -0.2) is 41.7 Å². The van der Waals surface area contributed by atoms with Crippen LogP contribution in [0.1, 0.15) is 23.6 Å². The molecular weight excluding hydrogens is 511 g/mol. The van der Waals surface area contributed by atoms with E-state index in [0.29, 0.717) is 22.8 Å². The number of allylic oxidation sites excluding steroid dienone is 1. The van der Waals surface area contributed by atoms with Crippen LogP contribution in [0.5, 0.6) is 17.2 Å². The summed E-state index contributed by atoms with van der Waals surface area (Å²) in [4.78, 5) is 12.9. The summed E-state index contributed by atoms with van der Waals surface area (Å²) in [5.41, 5.74) is 2.13. The van der Waals surface area contributed by atoms with E-state index in [1.54, 1.807) is 25.1 Å². The molecule has 38 heavy (non-hydrogen) atoms. The van der Waals surface area contributed by atoms with Gasteiger partial charge in [0.2, 0.25) is 0 Å². The molecule has 3 aromatic carbocycles. The molecule has 3 aromatic rings. The maximum atomic E-state index is 14.6. The molecule has 0 radical (unpaired) electrons. The fraction of sp³-hybridized carbons (Fsp3) is 0.250. The summed E-state index contributed by atoms with van der Waals surface area (Å²) in [5.74, 6) is -0.0355. The third kappa shape index (κ3) is 5.31. The Kier molecular flexibility index (Phi) is 7.91. The van der Waals surface area contributed by atoms with E-state index in [1.807, 2.05) is 25.1 Å². The van der Waals surface area contributed by atoms with Gasteiger partial charge < -0.3 is 19.5 Å². The number of rotatable bonds is 9. The number of hydrogen-bond acceptors (Lipinski definition) is 6. The van der Waals surface area contributed by atoms with Crippen LogP contribution in [0, 0.1) is 12.7 Å². The normalized spacial score (nSPS) is 14.1. The van der Waals surface area contributed by atoms with E-state index < -0.39 is 26.7 Å². The van der Waals surface area contributed by atoms with Gasteiger partial charge >= 0.3 is 0 Å². The van der Waals surface area contributed by atoms with Crippen molar-refractivity contribution in [1.82, 2.24) is 5.32 Å². The predicted molar refractivity (Wildman–Crippen MR) is 143 cm³/mol. The van der Waals surface area contributed by atoms with Crippen LogP contribution in [-0.2, 0) is 21.4 Å². The number of anilines is 1. The number of amides is 1. The molecule has 10 heteroatoms. The van der Waals surface area contributed by atoms with Gasteiger partial charge in [0.05, 0.1) is 33.0 Å². The second-order valence-electron chi connectivity index (χ2n) is 8.70. The Hall–Kier alpha value is -4.05. The standard InChI is InChI=1S/C28H29FN2O6S/c1-18-8-7-10-21(14-18)37-13-12-30-28(32)27-19(2)22-15-25(35-3)26(36-4)16-24(22)31(38(27,33)34)17-20-9-5-6-11-23(20)29/h5-11,14-16H,12-13,17H2,1-4H3,(H,30,32). The quantitative estimate of drug-likeness (QED) is 0.404. The Morgan fingerprint density at radius 3 is 2.37 bits per heavy atom. The van der Waals surface area contributed by atoms with E-state index in [9.17, 15) is 17.6 Å². The minimum Gasteiger partial charge on any atom is -0.493 e. The fourth-order valence-electron chi connectivity index (χ4n) is 4.29. The highest BCUT2D eigenvalue weighted by molar-refractivity contribution is 7.97. The van der Waals surface area contributed by atoms with Gasteiger partial charge in [0.15, 0.2) is 16.4 Å². The number of carbonyl (C=O) groups excluding carboxylic acids is 1. The molecule has 0 aliphatic carbocycles. The summed E-state index contributed by atoms with van der Waals surface area (Å²) in [6, 6.07) is 16.5. The molecule has 0 unspecified atom stereocenters. The average Bonchev–Trinajstić information content (AvgIpc) is 2.89. The molecule has 200 valence electrons. The molecule has 0 saturated heterocycles. The van der Waals surface area contributed by atoms with Crippen LogP contribution in [0.25, 0.3) is 5.57 Å². The molecular formula is C28H29FN2O6S. The van der Waals surface area contributed by atoms with Crippen molar-refractivity contribution in [3.8, 4) is 17.2 Å². The summed E-state index contributed by atoms with van der Waals surface area (Å²) >= 11 is 0. The van der Waals surface area contributed by atoms with Gasteiger partial charge in [-0.3, -0.25) is 9.10 Å². The van der Waals surface area contributed by atoms with Gasteiger partial charge in [-0.05, 0) is 49.2 Å². The lowest BCUT2D eigenvalue weighted by atomic mass is 10.0. The predicted octanol–water partition coefficient (Wildman–Crippen LogP) is 4.43. The summed E-state index contributed by atoms with van der Waals surface area (Å²) in [6.07, 6.45) is 0. The molecule has 1 N–H and O–H groups in total. The zero-order chi connectivity index (χ0) is 27.4. The van der Waals surface area contributed by atoms with Gasteiger partial charge in [0, 0.05) is 17.2 Å². The molecule has 0 spiro atoms. The van der Waals surface area contributed by atoms with Crippen molar-refractivity contribution in [1.29, 1.82) is 0 Å². The van der Waals surface area contributed by atoms with Gasteiger partial charge in [-0.15, -0.1) is 0 Å². The highest BCUT2D eigenvalue weighted by Crippen LogP contribution is 2.45. The summed E-state index contributed by atoms with van der Waals surface area (Å²) in [7, 11) is -1.49. The zero-order valence-corrected chi connectivity index (χ0v) is 22.4. The number of carbonyl (C=O) groups is 1. The summed E-state index contributed by atoms with van der Waals surface area (Å²) in [5, 5.41) is 2.64. The van der Waals surface area contributed by atoms with Crippen LogP contribution in [0.3, 0.4) is 0 Å². The molecule has 0 fully saturated rings.